The van der Waals surface area contributed by atoms with Gasteiger partial charge in [-0.05, 0) is 74.0 Å². The van der Waals surface area contributed by atoms with E-state index in [4.69, 9.17) is 4.74 Å². The van der Waals surface area contributed by atoms with Crippen molar-refractivity contribution >= 4 is 5.78 Å². The number of rotatable bonds is 0. The fraction of sp³-hybridized carbons (Fsp3) is 0.947. The standard InChI is InChI=1S/C19H28O2/c1-18-10-8-15-17(21-15)14(18)4-3-11-12-5-6-16(20)19(12,2)9-7-13(11)18/h11-15,17H,3-10H2,1-2H3/t11?,12?,13?,14-,15+,17-,18+,19-/m0/s1. The molecule has 5 rings (SSSR count). The van der Waals surface area contributed by atoms with Crippen LogP contribution in [0.15, 0.2) is 0 Å². The normalized spacial score (nSPS) is 61.5. The van der Waals surface area contributed by atoms with Crippen LogP contribution in [0.4, 0.5) is 0 Å². The zero-order valence-corrected chi connectivity index (χ0v) is 13.4. The van der Waals surface area contributed by atoms with Gasteiger partial charge in [0, 0.05) is 11.8 Å². The van der Waals surface area contributed by atoms with Crippen molar-refractivity contribution in [1.82, 2.24) is 0 Å². The number of hydrogen-bond donors (Lipinski definition) is 0. The Morgan fingerprint density at radius 2 is 1.81 bits per heavy atom. The predicted octanol–water partition coefficient (Wildman–Crippen LogP) is 3.98. The predicted molar refractivity (Wildman–Crippen MR) is 80.8 cm³/mol. The van der Waals surface area contributed by atoms with Crippen molar-refractivity contribution in [3.8, 4) is 0 Å². The highest BCUT2D eigenvalue weighted by Crippen LogP contribution is 2.67. The molecule has 2 heteroatoms. The number of fused-ring (bicyclic) bond motifs is 7. The fourth-order valence-electron chi connectivity index (χ4n) is 7.36. The van der Waals surface area contributed by atoms with E-state index in [2.05, 4.69) is 13.8 Å². The highest BCUT2D eigenvalue weighted by atomic mass is 16.6. The molecule has 2 nitrogen and oxygen atoms in total. The van der Waals surface area contributed by atoms with Crippen molar-refractivity contribution in [2.24, 2.45) is 34.5 Å². The summed E-state index contributed by atoms with van der Waals surface area (Å²) in [5.74, 6) is 3.78. The number of Topliss-reactive ketones (excluding diaryl/α,β-unsaturated/α-hetero) is 1. The van der Waals surface area contributed by atoms with Crippen LogP contribution in [0, 0.1) is 34.5 Å². The number of ether oxygens (including phenoxy) is 1. The minimum Gasteiger partial charge on any atom is -0.369 e. The maximum absolute atomic E-state index is 12.4. The first-order valence-electron chi connectivity index (χ1n) is 9.23. The summed E-state index contributed by atoms with van der Waals surface area (Å²) in [6.07, 6.45) is 11.1. The lowest BCUT2D eigenvalue weighted by atomic mass is 9.45. The van der Waals surface area contributed by atoms with Gasteiger partial charge in [-0.25, -0.2) is 0 Å². The SMILES string of the molecule is C[C@]12CCC3C(CC[C@H]4[C@@H]5O[C@@H]5CC[C@]34C)C1CCC2=O. The molecule has 1 heterocycles. The summed E-state index contributed by atoms with van der Waals surface area (Å²) in [4.78, 5) is 12.4. The third-order valence-electron chi connectivity index (χ3n) is 8.64. The van der Waals surface area contributed by atoms with E-state index >= 15 is 0 Å². The largest absolute Gasteiger partial charge is 0.369 e. The summed E-state index contributed by atoms with van der Waals surface area (Å²) < 4.78 is 5.96. The first-order chi connectivity index (χ1) is 10.0. The molecule has 0 N–H and O–H groups in total. The molecule has 3 unspecified atom stereocenters. The molecule has 4 aliphatic carbocycles. The summed E-state index contributed by atoms with van der Waals surface area (Å²) in [5, 5.41) is 0. The van der Waals surface area contributed by atoms with Gasteiger partial charge >= 0.3 is 0 Å². The van der Waals surface area contributed by atoms with Gasteiger partial charge < -0.3 is 4.74 Å². The minimum atomic E-state index is 0.0393. The summed E-state index contributed by atoms with van der Waals surface area (Å²) >= 11 is 0. The molecule has 21 heavy (non-hydrogen) atoms. The summed E-state index contributed by atoms with van der Waals surface area (Å²) in [6.45, 7) is 4.87. The number of carbonyl (C=O) groups is 1. The van der Waals surface area contributed by atoms with Gasteiger partial charge in [0.25, 0.3) is 0 Å². The Morgan fingerprint density at radius 1 is 0.952 bits per heavy atom. The highest BCUT2D eigenvalue weighted by Gasteiger charge is 2.64. The summed E-state index contributed by atoms with van der Waals surface area (Å²) in [7, 11) is 0. The molecule has 0 aromatic rings. The van der Waals surface area contributed by atoms with Crippen LogP contribution in [-0.4, -0.2) is 18.0 Å². The molecule has 0 spiro atoms. The Kier molecular flexibility index (Phi) is 2.45. The Morgan fingerprint density at radius 3 is 2.67 bits per heavy atom. The maximum Gasteiger partial charge on any atom is 0.139 e. The number of hydrogen-bond acceptors (Lipinski definition) is 2. The molecule has 0 radical (unpaired) electrons. The Balaban J connectivity index is 1.49. The van der Waals surface area contributed by atoms with Crippen molar-refractivity contribution < 1.29 is 9.53 Å². The van der Waals surface area contributed by atoms with E-state index in [0.717, 1.165) is 30.6 Å². The Hall–Kier alpha value is -0.370. The van der Waals surface area contributed by atoms with Crippen LogP contribution in [0.1, 0.15) is 65.2 Å². The monoisotopic (exact) mass is 288 g/mol. The average molecular weight is 288 g/mol. The molecule has 0 aromatic heterocycles. The lowest BCUT2D eigenvalue weighted by Gasteiger charge is -2.58. The van der Waals surface area contributed by atoms with Gasteiger partial charge in [0.05, 0.1) is 12.2 Å². The first kappa shape index (κ1) is 13.1. The molecule has 0 amide bonds. The quantitative estimate of drug-likeness (QED) is 0.631. The third-order valence-corrected chi connectivity index (χ3v) is 8.64. The van der Waals surface area contributed by atoms with Crippen molar-refractivity contribution in [3.05, 3.63) is 0 Å². The smallest absolute Gasteiger partial charge is 0.139 e. The fourth-order valence-corrected chi connectivity index (χ4v) is 7.36. The number of epoxide rings is 1. The van der Waals surface area contributed by atoms with Crippen molar-refractivity contribution in [2.75, 3.05) is 0 Å². The maximum atomic E-state index is 12.4. The Bertz CT molecular complexity index is 500. The lowest BCUT2D eigenvalue weighted by molar-refractivity contribution is -0.138. The second-order valence-corrected chi connectivity index (χ2v) is 9.16. The van der Waals surface area contributed by atoms with Crippen molar-refractivity contribution in [2.45, 2.75) is 77.4 Å². The molecule has 8 atom stereocenters. The minimum absolute atomic E-state index is 0.0393. The molecule has 0 bridgehead atoms. The number of ketones is 1. The van der Waals surface area contributed by atoms with E-state index in [9.17, 15) is 4.79 Å². The molecular formula is C19H28O2. The van der Waals surface area contributed by atoms with E-state index in [1.165, 1.54) is 38.5 Å². The van der Waals surface area contributed by atoms with Gasteiger partial charge in [0.15, 0.2) is 0 Å². The van der Waals surface area contributed by atoms with E-state index in [1.54, 1.807) is 0 Å². The van der Waals surface area contributed by atoms with E-state index in [-0.39, 0.29) is 5.41 Å². The van der Waals surface area contributed by atoms with E-state index in [0.29, 0.717) is 29.3 Å². The van der Waals surface area contributed by atoms with Crippen LogP contribution in [0.5, 0.6) is 0 Å². The number of carbonyl (C=O) groups excluding carboxylic acids is 1. The van der Waals surface area contributed by atoms with Crippen molar-refractivity contribution in [1.29, 1.82) is 0 Å². The van der Waals surface area contributed by atoms with Crippen LogP contribution in [-0.2, 0) is 9.53 Å². The van der Waals surface area contributed by atoms with Crippen LogP contribution < -0.4 is 0 Å². The van der Waals surface area contributed by atoms with Crippen LogP contribution in [0.3, 0.4) is 0 Å². The van der Waals surface area contributed by atoms with Crippen molar-refractivity contribution in [3.63, 3.8) is 0 Å². The molecule has 1 saturated heterocycles. The van der Waals surface area contributed by atoms with Gasteiger partial charge in [0.1, 0.15) is 5.78 Å². The molecule has 5 aliphatic rings. The third kappa shape index (κ3) is 1.51. The van der Waals surface area contributed by atoms with Gasteiger partial charge in [-0.1, -0.05) is 13.8 Å². The molecule has 116 valence electrons. The summed E-state index contributed by atoms with van der Waals surface area (Å²) in [5.41, 5.74) is 0.547. The molecule has 1 aliphatic heterocycles. The van der Waals surface area contributed by atoms with E-state index < -0.39 is 0 Å². The second-order valence-electron chi connectivity index (χ2n) is 9.16. The van der Waals surface area contributed by atoms with Gasteiger partial charge in [-0.3, -0.25) is 4.79 Å². The molecule has 4 saturated carbocycles. The Labute approximate surface area is 128 Å². The molecular weight excluding hydrogens is 260 g/mol. The zero-order chi connectivity index (χ0) is 14.4. The zero-order valence-electron chi connectivity index (χ0n) is 13.4. The molecule has 0 aromatic carbocycles. The van der Waals surface area contributed by atoms with Crippen LogP contribution >= 0.6 is 0 Å². The highest BCUT2D eigenvalue weighted by molar-refractivity contribution is 5.87. The lowest BCUT2D eigenvalue weighted by Crippen LogP contribution is -2.54. The topological polar surface area (TPSA) is 29.6 Å². The van der Waals surface area contributed by atoms with Crippen LogP contribution in [0.2, 0.25) is 0 Å². The van der Waals surface area contributed by atoms with Gasteiger partial charge in [-0.15, -0.1) is 0 Å². The average Bonchev–Trinajstić information content (AvgIpc) is 3.18. The molecule has 5 fully saturated rings. The summed E-state index contributed by atoms with van der Waals surface area (Å²) in [6, 6.07) is 0. The van der Waals surface area contributed by atoms with Gasteiger partial charge in [-0.2, -0.15) is 0 Å². The van der Waals surface area contributed by atoms with Gasteiger partial charge in [0.2, 0.25) is 0 Å². The van der Waals surface area contributed by atoms with Crippen LogP contribution in [0.25, 0.3) is 0 Å². The van der Waals surface area contributed by atoms with E-state index in [1.807, 2.05) is 0 Å². The second kappa shape index (κ2) is 3.93. The first-order valence-corrected chi connectivity index (χ1v) is 9.23.